The predicted molar refractivity (Wildman–Crippen MR) is 107 cm³/mol. The fraction of sp³-hybridized carbons (Fsp3) is 0.0870. The van der Waals surface area contributed by atoms with Crippen LogP contribution in [0.15, 0.2) is 83.9 Å². The van der Waals surface area contributed by atoms with Crippen LogP contribution < -0.4 is 5.32 Å². The summed E-state index contributed by atoms with van der Waals surface area (Å²) in [6.07, 6.45) is -9.37. The predicted octanol–water partition coefficient (Wildman–Crippen LogP) is 6.92. The second-order valence-electron chi connectivity index (χ2n) is 6.26. The third-order valence-corrected chi connectivity index (χ3v) is 4.03. The maximum Gasteiger partial charge on any atom is 0.418 e. The van der Waals surface area contributed by atoms with E-state index in [1.807, 2.05) is 0 Å². The topological polar surface area (TPSA) is 24.4 Å². The number of hydrogen-bond acceptors (Lipinski definition) is 1. The first-order valence-electron chi connectivity index (χ1n) is 8.90. The molecule has 8 heteroatoms. The summed E-state index contributed by atoms with van der Waals surface area (Å²) in [5.41, 5.74) is -2.34. The van der Waals surface area contributed by atoms with E-state index in [1.165, 1.54) is 24.3 Å². The molecule has 31 heavy (non-hydrogen) atoms. The normalized spacial score (nSPS) is 12.1. The number of alkyl halides is 6. The molecule has 0 aliphatic heterocycles. The Labute approximate surface area is 174 Å². The van der Waals surface area contributed by atoms with Crippen LogP contribution in [0.2, 0.25) is 0 Å². The number of anilines is 1. The van der Waals surface area contributed by atoms with E-state index < -0.39 is 29.2 Å². The van der Waals surface area contributed by atoms with Crippen LogP contribution in [0.5, 0.6) is 0 Å². The van der Waals surface area contributed by atoms with Gasteiger partial charge in [0, 0.05) is 5.56 Å². The summed E-state index contributed by atoms with van der Waals surface area (Å²) in [5, 5.41) is 2.44. The number of aliphatic imine (C=N–C) groups is 1. The first-order chi connectivity index (χ1) is 14.6. The Kier molecular flexibility index (Phi) is 6.35. The van der Waals surface area contributed by atoms with Gasteiger partial charge < -0.3 is 5.32 Å². The van der Waals surface area contributed by atoms with Crippen LogP contribution in [0.1, 0.15) is 16.7 Å². The van der Waals surface area contributed by atoms with Crippen molar-refractivity contribution in [3.05, 3.63) is 95.6 Å². The van der Waals surface area contributed by atoms with Crippen molar-refractivity contribution >= 4 is 17.2 Å². The molecule has 0 aromatic heterocycles. The van der Waals surface area contributed by atoms with Crippen LogP contribution in [0.3, 0.4) is 0 Å². The van der Waals surface area contributed by atoms with Gasteiger partial charge in [0.2, 0.25) is 0 Å². The van der Waals surface area contributed by atoms with Gasteiger partial charge in [0.05, 0.1) is 22.5 Å². The number of hydrogen-bond donors (Lipinski definition) is 1. The van der Waals surface area contributed by atoms with Crippen LogP contribution in [0.4, 0.5) is 37.7 Å². The summed E-state index contributed by atoms with van der Waals surface area (Å²) >= 11 is 0. The van der Waals surface area contributed by atoms with Gasteiger partial charge >= 0.3 is 12.4 Å². The van der Waals surface area contributed by atoms with Gasteiger partial charge in [0.1, 0.15) is 0 Å². The summed E-state index contributed by atoms with van der Waals surface area (Å²) in [6, 6.07) is 17.5. The fourth-order valence-electron chi connectivity index (χ4n) is 2.64. The standard InChI is InChI=1S/C23H14F6N2/c24-22(25,26)17-10-4-6-12-19(17)30-21(15-14-16-8-2-1-3-9-16)31-20-13-7-5-11-18(20)23(27,28)29/h1-13H,(H,30,31). The van der Waals surface area contributed by atoms with E-state index in [1.54, 1.807) is 30.3 Å². The van der Waals surface area contributed by atoms with Crippen LogP contribution in [0, 0.1) is 11.8 Å². The third-order valence-electron chi connectivity index (χ3n) is 4.03. The quantitative estimate of drug-likeness (QED) is 0.202. The fourth-order valence-corrected chi connectivity index (χ4v) is 2.64. The molecule has 0 bridgehead atoms. The monoisotopic (exact) mass is 432 g/mol. The Morgan fingerprint density at radius 1 is 0.677 bits per heavy atom. The SMILES string of the molecule is FC(F)(F)c1ccccc1N=C(C#Cc1ccccc1)Nc1ccccc1C(F)(F)F. The lowest BCUT2D eigenvalue weighted by Crippen LogP contribution is -2.15. The molecule has 158 valence electrons. The largest absolute Gasteiger partial charge is 0.418 e. The molecule has 2 nitrogen and oxygen atoms in total. The molecule has 3 aromatic carbocycles. The highest BCUT2D eigenvalue weighted by Crippen LogP contribution is 2.37. The highest BCUT2D eigenvalue weighted by Gasteiger charge is 2.34. The average molecular weight is 432 g/mol. The van der Waals surface area contributed by atoms with E-state index in [-0.39, 0.29) is 11.5 Å². The smallest absolute Gasteiger partial charge is 0.332 e. The molecular formula is C23H14F6N2. The van der Waals surface area contributed by atoms with Crippen LogP contribution in [0.25, 0.3) is 0 Å². The Bertz CT molecular complexity index is 1140. The van der Waals surface area contributed by atoms with Crippen LogP contribution in [-0.2, 0) is 12.4 Å². The Balaban J connectivity index is 2.10. The molecule has 0 saturated carbocycles. The maximum absolute atomic E-state index is 13.3. The molecular weight excluding hydrogens is 418 g/mol. The molecule has 0 amide bonds. The molecule has 0 spiro atoms. The van der Waals surface area contributed by atoms with E-state index in [9.17, 15) is 26.3 Å². The van der Waals surface area contributed by atoms with Crippen molar-refractivity contribution in [3.63, 3.8) is 0 Å². The van der Waals surface area contributed by atoms with Crippen LogP contribution >= 0.6 is 0 Å². The lowest BCUT2D eigenvalue weighted by molar-refractivity contribution is -0.137. The van der Waals surface area contributed by atoms with E-state index in [4.69, 9.17) is 0 Å². The molecule has 0 fully saturated rings. The summed E-state index contributed by atoms with van der Waals surface area (Å²) in [6.45, 7) is 0. The molecule has 3 rings (SSSR count). The number of rotatable bonds is 2. The molecule has 0 aliphatic carbocycles. The van der Waals surface area contributed by atoms with Crippen molar-refractivity contribution in [2.75, 3.05) is 5.32 Å². The molecule has 0 radical (unpaired) electrons. The zero-order valence-corrected chi connectivity index (χ0v) is 15.7. The van der Waals surface area contributed by atoms with Gasteiger partial charge in [-0.1, -0.05) is 48.4 Å². The molecule has 0 unspecified atom stereocenters. The van der Waals surface area contributed by atoms with E-state index in [2.05, 4.69) is 22.2 Å². The van der Waals surface area contributed by atoms with E-state index in [0.29, 0.717) is 5.56 Å². The van der Waals surface area contributed by atoms with Gasteiger partial charge in [-0.05, 0) is 42.3 Å². The highest BCUT2D eigenvalue weighted by molar-refractivity contribution is 6.10. The number of benzene rings is 3. The summed E-state index contributed by atoms with van der Waals surface area (Å²) in [4.78, 5) is 3.90. The lowest BCUT2D eigenvalue weighted by atomic mass is 10.1. The Hall–Kier alpha value is -3.73. The lowest BCUT2D eigenvalue weighted by Gasteiger charge is -2.14. The number of amidine groups is 1. The van der Waals surface area contributed by atoms with Gasteiger partial charge in [-0.2, -0.15) is 26.3 Å². The molecule has 1 N–H and O–H groups in total. The molecule has 3 aromatic rings. The first kappa shape index (κ1) is 22.0. The zero-order chi connectivity index (χ0) is 22.5. The average Bonchev–Trinajstić information content (AvgIpc) is 2.72. The van der Waals surface area contributed by atoms with Crippen molar-refractivity contribution in [1.82, 2.24) is 0 Å². The number of nitrogens with one attached hydrogen (secondary N) is 1. The minimum Gasteiger partial charge on any atom is -0.332 e. The Morgan fingerprint density at radius 3 is 1.87 bits per heavy atom. The van der Waals surface area contributed by atoms with Gasteiger partial charge in [-0.3, -0.25) is 0 Å². The molecule has 0 saturated heterocycles. The summed E-state index contributed by atoms with van der Waals surface area (Å²) < 4.78 is 80.0. The van der Waals surface area contributed by atoms with Crippen molar-refractivity contribution < 1.29 is 26.3 Å². The minimum absolute atomic E-state index is 0.364. The second-order valence-corrected chi connectivity index (χ2v) is 6.26. The molecule has 0 aliphatic rings. The van der Waals surface area contributed by atoms with Gasteiger partial charge in [-0.25, -0.2) is 4.99 Å². The van der Waals surface area contributed by atoms with E-state index >= 15 is 0 Å². The zero-order valence-electron chi connectivity index (χ0n) is 15.7. The first-order valence-corrected chi connectivity index (χ1v) is 8.90. The highest BCUT2D eigenvalue weighted by atomic mass is 19.4. The van der Waals surface area contributed by atoms with E-state index in [0.717, 1.165) is 24.3 Å². The van der Waals surface area contributed by atoms with Crippen molar-refractivity contribution in [2.24, 2.45) is 4.99 Å². The summed E-state index contributed by atoms with van der Waals surface area (Å²) in [7, 11) is 0. The van der Waals surface area contributed by atoms with Crippen molar-refractivity contribution in [1.29, 1.82) is 0 Å². The minimum atomic E-state index is -4.69. The number of para-hydroxylation sites is 2. The maximum atomic E-state index is 13.3. The van der Waals surface area contributed by atoms with Crippen molar-refractivity contribution in [2.45, 2.75) is 12.4 Å². The van der Waals surface area contributed by atoms with Crippen LogP contribution in [-0.4, -0.2) is 5.84 Å². The second kappa shape index (κ2) is 8.96. The van der Waals surface area contributed by atoms with Gasteiger partial charge in [0.25, 0.3) is 0 Å². The van der Waals surface area contributed by atoms with Gasteiger partial charge in [-0.15, -0.1) is 0 Å². The van der Waals surface area contributed by atoms with Crippen molar-refractivity contribution in [3.8, 4) is 11.8 Å². The summed E-state index contributed by atoms with van der Waals surface area (Å²) in [5.74, 6) is 4.88. The third kappa shape index (κ3) is 5.89. The Morgan fingerprint density at radius 2 is 1.23 bits per heavy atom. The molecule has 0 atom stereocenters. The van der Waals surface area contributed by atoms with Gasteiger partial charge in [0.15, 0.2) is 5.84 Å². The molecule has 0 heterocycles. The number of nitrogens with zero attached hydrogens (tertiary/aromatic N) is 1. The number of halogens is 6.